The van der Waals surface area contributed by atoms with Gasteiger partial charge >= 0.3 is 0 Å². The molecule has 200 valence electrons. The number of rotatable bonds is 8. The zero-order valence-electron chi connectivity index (χ0n) is 22.7. The maximum atomic E-state index is 13.8. The predicted octanol–water partition coefficient (Wildman–Crippen LogP) is 6.24. The number of amides is 2. The van der Waals surface area contributed by atoms with E-state index >= 15 is 0 Å². The summed E-state index contributed by atoms with van der Waals surface area (Å²) < 4.78 is 1.87. The molecule has 0 radical (unpaired) electrons. The summed E-state index contributed by atoms with van der Waals surface area (Å²) in [5.74, 6) is 0.657. The van der Waals surface area contributed by atoms with Crippen LogP contribution in [-0.4, -0.2) is 40.4 Å². The second-order valence-corrected chi connectivity index (χ2v) is 11.0. The van der Waals surface area contributed by atoms with Crippen LogP contribution in [0.25, 0.3) is 16.9 Å². The molecule has 5 rings (SSSR count). The number of hydrogen-bond donors (Lipinski definition) is 1. The molecule has 39 heavy (non-hydrogen) atoms. The average Bonchev–Trinajstić information content (AvgIpc) is 3.26. The van der Waals surface area contributed by atoms with Crippen molar-refractivity contribution < 1.29 is 9.59 Å². The maximum absolute atomic E-state index is 13.8. The van der Waals surface area contributed by atoms with E-state index in [1.807, 2.05) is 54.1 Å². The third-order valence-corrected chi connectivity index (χ3v) is 8.23. The summed E-state index contributed by atoms with van der Waals surface area (Å²) in [5.41, 5.74) is 6.93. The smallest absolute Gasteiger partial charge is 0.240 e. The highest BCUT2D eigenvalue weighted by Gasteiger charge is 2.37. The van der Waals surface area contributed by atoms with Gasteiger partial charge in [0.15, 0.2) is 0 Å². The van der Waals surface area contributed by atoms with Crippen LogP contribution >= 0.6 is 11.8 Å². The van der Waals surface area contributed by atoms with E-state index < -0.39 is 0 Å². The van der Waals surface area contributed by atoms with E-state index in [1.54, 1.807) is 16.7 Å². The Bertz CT molecular complexity index is 1480. The van der Waals surface area contributed by atoms with E-state index in [-0.39, 0.29) is 29.4 Å². The largest absolute Gasteiger partial charge is 0.355 e. The standard InChI is InChI=1S/C32H34N4O2S/c1-4-5-18-33-27(37)20-35-28(38)21-39-31(25-16-11-12-22(2)19-25)29-30(24-14-7-6-8-15-24)34-36(32(29)35)26-17-10-9-13-23(26)3/h6-17,19,31H,4-5,18,20-21H2,1-3H3,(H,33,37). The first-order valence-corrected chi connectivity index (χ1v) is 14.5. The highest BCUT2D eigenvalue weighted by atomic mass is 32.2. The van der Waals surface area contributed by atoms with Crippen molar-refractivity contribution >= 4 is 29.4 Å². The fraction of sp³-hybridized carbons (Fsp3) is 0.281. The Balaban J connectivity index is 1.77. The van der Waals surface area contributed by atoms with Crippen molar-refractivity contribution in [2.45, 2.75) is 38.9 Å². The molecule has 0 aliphatic carbocycles. The van der Waals surface area contributed by atoms with Crippen molar-refractivity contribution in [1.82, 2.24) is 15.1 Å². The third kappa shape index (κ3) is 5.64. The quantitative estimate of drug-likeness (QED) is 0.270. The molecule has 7 heteroatoms. The lowest BCUT2D eigenvalue weighted by atomic mass is 9.98. The molecule has 0 fully saturated rings. The van der Waals surface area contributed by atoms with Gasteiger partial charge in [0.1, 0.15) is 12.4 Å². The number of aryl methyl sites for hydroxylation is 2. The molecule has 2 heterocycles. The first-order valence-electron chi connectivity index (χ1n) is 13.5. The zero-order valence-corrected chi connectivity index (χ0v) is 23.5. The van der Waals surface area contributed by atoms with Crippen LogP contribution in [0.4, 0.5) is 5.82 Å². The van der Waals surface area contributed by atoms with Crippen LogP contribution in [0, 0.1) is 13.8 Å². The van der Waals surface area contributed by atoms with Gasteiger partial charge in [-0.3, -0.25) is 14.5 Å². The van der Waals surface area contributed by atoms with Crippen molar-refractivity contribution in [2.75, 3.05) is 23.7 Å². The normalized spacial score (nSPS) is 15.1. The Labute approximate surface area is 234 Å². The minimum atomic E-state index is -0.166. The number of carbonyl (C=O) groups is 2. The first-order chi connectivity index (χ1) is 19.0. The van der Waals surface area contributed by atoms with Gasteiger partial charge < -0.3 is 5.32 Å². The summed E-state index contributed by atoms with van der Waals surface area (Å²) in [6, 6.07) is 26.6. The predicted molar refractivity (Wildman–Crippen MR) is 159 cm³/mol. The topological polar surface area (TPSA) is 67.2 Å². The number of nitrogens with one attached hydrogen (secondary N) is 1. The number of hydrogen-bond acceptors (Lipinski definition) is 4. The van der Waals surface area contributed by atoms with Crippen LogP contribution < -0.4 is 10.2 Å². The Morgan fingerprint density at radius 1 is 1.03 bits per heavy atom. The fourth-order valence-corrected chi connectivity index (χ4v) is 6.19. The summed E-state index contributed by atoms with van der Waals surface area (Å²) in [4.78, 5) is 28.5. The fourth-order valence-electron chi connectivity index (χ4n) is 5.00. The second-order valence-electron chi connectivity index (χ2n) is 9.94. The van der Waals surface area contributed by atoms with Crippen LogP contribution in [0.2, 0.25) is 0 Å². The van der Waals surface area contributed by atoms with Crippen LogP contribution in [0.15, 0.2) is 78.9 Å². The minimum absolute atomic E-state index is 0.0531. The first kappa shape index (κ1) is 26.8. The molecule has 1 aliphatic rings. The summed E-state index contributed by atoms with van der Waals surface area (Å²) in [5, 5.41) is 8.04. The lowest BCUT2D eigenvalue weighted by molar-refractivity contribution is -0.122. The number of aromatic nitrogens is 2. The molecule has 4 aromatic rings. The molecule has 1 aromatic heterocycles. The van der Waals surface area contributed by atoms with Crippen LogP contribution in [-0.2, 0) is 9.59 Å². The molecule has 1 N–H and O–H groups in total. The van der Waals surface area contributed by atoms with Crippen molar-refractivity contribution in [3.8, 4) is 16.9 Å². The highest BCUT2D eigenvalue weighted by Crippen LogP contribution is 2.48. The van der Waals surface area contributed by atoms with E-state index in [2.05, 4.69) is 55.6 Å². The van der Waals surface area contributed by atoms with E-state index in [9.17, 15) is 9.59 Å². The van der Waals surface area contributed by atoms with Gasteiger partial charge in [-0.2, -0.15) is 5.10 Å². The van der Waals surface area contributed by atoms with E-state index in [0.717, 1.165) is 52.0 Å². The van der Waals surface area contributed by atoms with E-state index in [4.69, 9.17) is 5.10 Å². The van der Waals surface area contributed by atoms with Gasteiger partial charge in [0, 0.05) is 17.7 Å². The molecule has 0 spiro atoms. The zero-order chi connectivity index (χ0) is 27.4. The van der Waals surface area contributed by atoms with Crippen molar-refractivity contribution in [2.24, 2.45) is 0 Å². The van der Waals surface area contributed by atoms with E-state index in [0.29, 0.717) is 12.4 Å². The van der Waals surface area contributed by atoms with Gasteiger partial charge in [-0.25, -0.2) is 4.68 Å². The van der Waals surface area contributed by atoms with Crippen molar-refractivity contribution in [3.05, 3.63) is 101 Å². The van der Waals surface area contributed by atoms with Gasteiger partial charge in [0.05, 0.1) is 22.4 Å². The molecule has 0 bridgehead atoms. The summed E-state index contributed by atoms with van der Waals surface area (Å²) >= 11 is 1.59. The molecular weight excluding hydrogens is 504 g/mol. The minimum Gasteiger partial charge on any atom is -0.355 e. The highest BCUT2D eigenvalue weighted by molar-refractivity contribution is 8.00. The number of anilines is 1. The molecular formula is C32H34N4O2S. The molecule has 0 saturated carbocycles. The molecule has 1 unspecified atom stereocenters. The molecule has 3 aromatic carbocycles. The number of carbonyl (C=O) groups excluding carboxylic acids is 2. The van der Waals surface area contributed by atoms with Gasteiger partial charge in [-0.1, -0.05) is 91.7 Å². The summed E-state index contributed by atoms with van der Waals surface area (Å²) in [6.45, 7) is 6.75. The van der Waals surface area contributed by atoms with Crippen LogP contribution in [0.3, 0.4) is 0 Å². The number of benzene rings is 3. The average molecular weight is 539 g/mol. The molecule has 6 nitrogen and oxygen atoms in total. The monoisotopic (exact) mass is 538 g/mol. The Morgan fingerprint density at radius 3 is 2.54 bits per heavy atom. The van der Waals surface area contributed by atoms with E-state index in [1.165, 1.54) is 0 Å². The number of thioether (sulfide) groups is 1. The SMILES string of the molecule is CCCCNC(=O)CN1C(=O)CSC(c2cccc(C)c2)c2c(-c3ccccc3)nn(-c3ccccc3C)c21. The summed E-state index contributed by atoms with van der Waals surface area (Å²) in [7, 11) is 0. The number of fused-ring (bicyclic) bond motifs is 1. The van der Waals surface area contributed by atoms with Gasteiger partial charge in [0.25, 0.3) is 0 Å². The lowest BCUT2D eigenvalue weighted by Gasteiger charge is -2.23. The molecule has 1 atom stereocenters. The maximum Gasteiger partial charge on any atom is 0.240 e. The Hall–Kier alpha value is -3.84. The van der Waals surface area contributed by atoms with Gasteiger partial charge in [-0.05, 0) is 37.5 Å². The Kier molecular flexibility index (Phi) is 8.17. The van der Waals surface area contributed by atoms with Crippen molar-refractivity contribution in [1.29, 1.82) is 0 Å². The number of para-hydroxylation sites is 1. The summed E-state index contributed by atoms with van der Waals surface area (Å²) in [6.07, 6.45) is 1.89. The second kappa shape index (κ2) is 11.9. The van der Waals surface area contributed by atoms with Gasteiger partial charge in [-0.15, -0.1) is 11.8 Å². The number of unbranched alkanes of at least 4 members (excludes halogenated alkanes) is 1. The Morgan fingerprint density at radius 2 is 1.79 bits per heavy atom. The molecule has 0 saturated heterocycles. The van der Waals surface area contributed by atoms with Gasteiger partial charge in [0.2, 0.25) is 11.8 Å². The van der Waals surface area contributed by atoms with Crippen molar-refractivity contribution in [3.63, 3.8) is 0 Å². The molecule has 2 amide bonds. The number of nitrogens with zero attached hydrogens (tertiary/aromatic N) is 3. The van der Waals surface area contributed by atoms with Crippen LogP contribution in [0.1, 0.15) is 47.3 Å². The molecule has 1 aliphatic heterocycles. The lowest BCUT2D eigenvalue weighted by Crippen LogP contribution is -2.42. The van der Waals surface area contributed by atoms with Crippen LogP contribution in [0.5, 0.6) is 0 Å². The third-order valence-electron chi connectivity index (χ3n) is 6.98.